The van der Waals surface area contributed by atoms with Crippen LogP contribution in [0.25, 0.3) is 11.0 Å². The van der Waals surface area contributed by atoms with E-state index in [1.54, 1.807) is 11.7 Å². The SMILES string of the molecule is COCC(N)Cn1c(=O)cnc2ccccc21. The maximum absolute atomic E-state index is 11.8. The lowest BCUT2D eigenvalue weighted by molar-refractivity contribution is 0.174. The van der Waals surface area contributed by atoms with E-state index in [9.17, 15) is 4.79 Å². The van der Waals surface area contributed by atoms with E-state index in [0.717, 1.165) is 11.0 Å². The molecule has 1 aromatic heterocycles. The number of aromatic nitrogens is 2. The third kappa shape index (κ3) is 2.51. The Morgan fingerprint density at radius 3 is 3.00 bits per heavy atom. The summed E-state index contributed by atoms with van der Waals surface area (Å²) in [5.41, 5.74) is 7.31. The molecule has 2 N–H and O–H groups in total. The molecule has 2 aromatic rings. The number of hydrogen-bond donors (Lipinski definition) is 1. The molecule has 0 saturated carbocycles. The highest BCUT2D eigenvalue weighted by atomic mass is 16.5. The molecular formula is C12H15N3O2. The second-order valence-electron chi connectivity index (χ2n) is 3.91. The highest BCUT2D eigenvalue weighted by Crippen LogP contribution is 2.08. The average molecular weight is 233 g/mol. The summed E-state index contributed by atoms with van der Waals surface area (Å²) in [7, 11) is 1.59. The zero-order valence-corrected chi connectivity index (χ0v) is 9.67. The van der Waals surface area contributed by atoms with Gasteiger partial charge in [-0.1, -0.05) is 12.1 Å². The molecule has 2 rings (SSSR count). The normalized spacial score (nSPS) is 12.8. The summed E-state index contributed by atoms with van der Waals surface area (Å²) in [6, 6.07) is 7.29. The summed E-state index contributed by atoms with van der Waals surface area (Å²) < 4.78 is 6.60. The van der Waals surface area contributed by atoms with Crippen LogP contribution in [0.3, 0.4) is 0 Å². The van der Waals surface area contributed by atoms with Crippen LogP contribution in [-0.4, -0.2) is 29.3 Å². The average Bonchev–Trinajstić information content (AvgIpc) is 2.33. The smallest absolute Gasteiger partial charge is 0.269 e. The number of methoxy groups -OCH3 is 1. The van der Waals surface area contributed by atoms with E-state index >= 15 is 0 Å². The van der Waals surface area contributed by atoms with Crippen LogP contribution in [-0.2, 0) is 11.3 Å². The minimum absolute atomic E-state index is 0.143. The lowest BCUT2D eigenvalue weighted by Gasteiger charge is -2.14. The molecule has 1 heterocycles. The first-order chi connectivity index (χ1) is 8.22. The number of nitrogens with zero attached hydrogens (tertiary/aromatic N) is 2. The van der Waals surface area contributed by atoms with Crippen molar-refractivity contribution in [1.82, 2.24) is 9.55 Å². The van der Waals surface area contributed by atoms with Crippen LogP contribution in [0.15, 0.2) is 35.3 Å². The predicted molar refractivity (Wildman–Crippen MR) is 65.9 cm³/mol. The molecule has 0 radical (unpaired) electrons. The monoisotopic (exact) mass is 233 g/mol. The van der Waals surface area contributed by atoms with Gasteiger partial charge in [-0.25, -0.2) is 4.98 Å². The summed E-state index contributed by atoms with van der Waals surface area (Å²) in [4.78, 5) is 15.9. The maximum Gasteiger partial charge on any atom is 0.269 e. The van der Waals surface area contributed by atoms with Gasteiger partial charge in [0.15, 0.2) is 0 Å². The zero-order valence-electron chi connectivity index (χ0n) is 9.67. The minimum Gasteiger partial charge on any atom is -0.383 e. The zero-order chi connectivity index (χ0) is 12.3. The van der Waals surface area contributed by atoms with Gasteiger partial charge in [-0.15, -0.1) is 0 Å². The molecule has 5 heteroatoms. The number of hydrogen-bond acceptors (Lipinski definition) is 4. The van der Waals surface area contributed by atoms with Gasteiger partial charge in [0.25, 0.3) is 5.56 Å². The number of para-hydroxylation sites is 2. The van der Waals surface area contributed by atoms with Gasteiger partial charge in [-0.05, 0) is 12.1 Å². The topological polar surface area (TPSA) is 70.1 Å². The van der Waals surface area contributed by atoms with Crippen molar-refractivity contribution < 1.29 is 4.74 Å². The van der Waals surface area contributed by atoms with E-state index in [2.05, 4.69) is 4.98 Å². The molecule has 5 nitrogen and oxygen atoms in total. The number of ether oxygens (including phenoxy) is 1. The van der Waals surface area contributed by atoms with Crippen molar-refractivity contribution in [3.8, 4) is 0 Å². The fourth-order valence-electron chi connectivity index (χ4n) is 1.80. The summed E-state index contributed by atoms with van der Waals surface area (Å²) >= 11 is 0. The van der Waals surface area contributed by atoms with Gasteiger partial charge in [0.2, 0.25) is 0 Å². The molecule has 90 valence electrons. The Kier molecular flexibility index (Phi) is 3.51. The lowest BCUT2D eigenvalue weighted by atomic mass is 10.2. The Morgan fingerprint density at radius 1 is 1.47 bits per heavy atom. The second-order valence-corrected chi connectivity index (χ2v) is 3.91. The molecule has 1 aromatic carbocycles. The van der Waals surface area contributed by atoms with Crippen molar-refractivity contribution in [1.29, 1.82) is 0 Å². The minimum atomic E-state index is -0.205. The van der Waals surface area contributed by atoms with Crippen LogP contribution < -0.4 is 11.3 Å². The van der Waals surface area contributed by atoms with Gasteiger partial charge in [0, 0.05) is 19.7 Å². The van der Waals surface area contributed by atoms with Crippen LogP contribution >= 0.6 is 0 Å². The Bertz CT molecular complexity index is 565. The molecule has 0 saturated heterocycles. The van der Waals surface area contributed by atoms with Crippen molar-refractivity contribution in [2.45, 2.75) is 12.6 Å². The summed E-state index contributed by atoms with van der Waals surface area (Å²) in [5.74, 6) is 0. The van der Waals surface area contributed by atoms with E-state index in [1.807, 2.05) is 24.3 Å². The van der Waals surface area contributed by atoms with Crippen molar-refractivity contribution in [3.05, 3.63) is 40.8 Å². The second kappa shape index (κ2) is 5.07. The van der Waals surface area contributed by atoms with E-state index in [-0.39, 0.29) is 11.6 Å². The summed E-state index contributed by atoms with van der Waals surface area (Å²) in [6.45, 7) is 0.846. The molecule has 1 atom stereocenters. The summed E-state index contributed by atoms with van der Waals surface area (Å²) in [6.07, 6.45) is 1.32. The van der Waals surface area contributed by atoms with Gasteiger partial charge in [-0.2, -0.15) is 0 Å². The number of rotatable bonds is 4. The third-order valence-electron chi connectivity index (χ3n) is 2.55. The molecule has 0 aliphatic carbocycles. The van der Waals surface area contributed by atoms with Gasteiger partial charge in [0.1, 0.15) is 0 Å². The van der Waals surface area contributed by atoms with E-state index < -0.39 is 0 Å². The molecule has 0 spiro atoms. The highest BCUT2D eigenvalue weighted by Gasteiger charge is 2.08. The largest absolute Gasteiger partial charge is 0.383 e. The Labute approximate surface area is 98.8 Å². The lowest BCUT2D eigenvalue weighted by Crippen LogP contribution is -2.35. The molecule has 0 aliphatic heterocycles. The molecule has 0 aliphatic rings. The van der Waals surface area contributed by atoms with Gasteiger partial charge >= 0.3 is 0 Å². The Morgan fingerprint density at radius 2 is 2.24 bits per heavy atom. The van der Waals surface area contributed by atoms with Crippen LogP contribution in [0.1, 0.15) is 0 Å². The predicted octanol–water partition coefficient (Wildman–Crippen LogP) is 0.370. The first-order valence-electron chi connectivity index (χ1n) is 5.41. The molecule has 1 unspecified atom stereocenters. The third-order valence-corrected chi connectivity index (χ3v) is 2.55. The molecular weight excluding hydrogens is 218 g/mol. The molecule has 0 bridgehead atoms. The number of fused-ring (bicyclic) bond motifs is 1. The molecule has 17 heavy (non-hydrogen) atoms. The van der Waals surface area contributed by atoms with Crippen LogP contribution in [0.2, 0.25) is 0 Å². The Balaban J connectivity index is 2.44. The standard InChI is InChI=1S/C12H15N3O2/c1-17-8-9(13)7-15-11-5-3-2-4-10(11)14-6-12(15)16/h2-6,9H,7-8,13H2,1H3. The Hall–Kier alpha value is -1.72. The highest BCUT2D eigenvalue weighted by molar-refractivity contribution is 5.74. The van der Waals surface area contributed by atoms with Crippen LogP contribution in [0.4, 0.5) is 0 Å². The van der Waals surface area contributed by atoms with Crippen molar-refractivity contribution in [2.24, 2.45) is 5.73 Å². The fraction of sp³-hybridized carbons (Fsp3) is 0.333. The van der Waals surface area contributed by atoms with Crippen molar-refractivity contribution in [2.75, 3.05) is 13.7 Å². The van der Waals surface area contributed by atoms with E-state index in [0.29, 0.717) is 13.2 Å². The quantitative estimate of drug-likeness (QED) is 0.828. The maximum atomic E-state index is 11.8. The first kappa shape index (κ1) is 11.8. The molecule has 0 amide bonds. The van der Waals surface area contributed by atoms with Gasteiger partial charge in [0.05, 0.1) is 23.8 Å². The van der Waals surface area contributed by atoms with Crippen LogP contribution in [0.5, 0.6) is 0 Å². The first-order valence-corrected chi connectivity index (χ1v) is 5.41. The van der Waals surface area contributed by atoms with E-state index in [1.165, 1.54) is 6.20 Å². The van der Waals surface area contributed by atoms with Crippen LogP contribution in [0, 0.1) is 0 Å². The number of nitrogens with two attached hydrogens (primary N) is 1. The van der Waals surface area contributed by atoms with Crippen molar-refractivity contribution >= 4 is 11.0 Å². The molecule has 0 fully saturated rings. The van der Waals surface area contributed by atoms with E-state index in [4.69, 9.17) is 10.5 Å². The van der Waals surface area contributed by atoms with Crippen molar-refractivity contribution in [3.63, 3.8) is 0 Å². The van der Waals surface area contributed by atoms with Gasteiger partial charge < -0.3 is 15.0 Å². The number of benzene rings is 1. The fourth-order valence-corrected chi connectivity index (χ4v) is 1.80. The summed E-state index contributed by atoms with van der Waals surface area (Å²) in [5, 5.41) is 0. The van der Waals surface area contributed by atoms with Gasteiger partial charge in [-0.3, -0.25) is 4.79 Å².